The molecule has 210 valence electrons. The van der Waals surface area contributed by atoms with Crippen LogP contribution in [0.4, 0.5) is 5.69 Å². The Kier molecular flexibility index (Phi) is 12.6. The second-order valence-corrected chi connectivity index (χ2v) is 11.0. The molecule has 0 unspecified atom stereocenters. The summed E-state index contributed by atoms with van der Waals surface area (Å²) >= 11 is 0. The summed E-state index contributed by atoms with van der Waals surface area (Å²) in [5.74, 6) is -0.644. The van der Waals surface area contributed by atoms with E-state index in [1.165, 1.54) is 0 Å². The van der Waals surface area contributed by atoms with Gasteiger partial charge in [-0.2, -0.15) is 0 Å². The van der Waals surface area contributed by atoms with Crippen LogP contribution in [-0.4, -0.2) is 47.3 Å². The van der Waals surface area contributed by atoms with Gasteiger partial charge in [0.2, 0.25) is 17.7 Å². The SMILES string of the molecule is CC(C)CC(=O)NOCc1ccc(NC(=O)[C@H](C)CC(=O)CCC(=O)N2CCC(C(=O)C(C)C)CC2)cc1. The Balaban J connectivity index is 1.68. The summed E-state index contributed by atoms with van der Waals surface area (Å²) in [5.41, 5.74) is 3.83. The quantitative estimate of drug-likeness (QED) is 0.351. The van der Waals surface area contributed by atoms with Crippen LogP contribution in [0.5, 0.6) is 0 Å². The number of likely N-dealkylation sites (tertiary alicyclic amines) is 1. The Morgan fingerprint density at radius 3 is 2.13 bits per heavy atom. The molecular weight excluding hydrogens is 486 g/mol. The smallest absolute Gasteiger partial charge is 0.243 e. The normalized spacial score (nSPS) is 14.9. The zero-order chi connectivity index (χ0) is 28.2. The van der Waals surface area contributed by atoms with Crippen molar-refractivity contribution < 1.29 is 28.8 Å². The number of ketones is 2. The van der Waals surface area contributed by atoms with Crippen LogP contribution in [-0.2, 0) is 35.4 Å². The summed E-state index contributed by atoms with van der Waals surface area (Å²) in [6.07, 6.45) is 2.03. The van der Waals surface area contributed by atoms with Crippen LogP contribution in [0, 0.1) is 23.7 Å². The maximum Gasteiger partial charge on any atom is 0.243 e. The van der Waals surface area contributed by atoms with Crippen molar-refractivity contribution in [1.29, 1.82) is 0 Å². The molecule has 1 atom stereocenters. The third kappa shape index (κ3) is 10.7. The van der Waals surface area contributed by atoms with E-state index in [0.29, 0.717) is 38.0 Å². The number of piperidine rings is 1. The number of nitrogens with zero attached hydrogens (tertiary/aromatic N) is 1. The number of anilines is 1. The van der Waals surface area contributed by atoms with Gasteiger partial charge in [-0.25, -0.2) is 5.48 Å². The third-order valence-electron chi connectivity index (χ3n) is 6.66. The van der Waals surface area contributed by atoms with Crippen molar-refractivity contribution >= 4 is 35.0 Å². The summed E-state index contributed by atoms with van der Waals surface area (Å²) in [4.78, 5) is 68.2. The van der Waals surface area contributed by atoms with Gasteiger partial charge in [0.1, 0.15) is 11.6 Å². The van der Waals surface area contributed by atoms with Crippen LogP contribution in [0.1, 0.15) is 78.7 Å². The number of hydrogen-bond acceptors (Lipinski definition) is 6. The van der Waals surface area contributed by atoms with Crippen molar-refractivity contribution in [3.05, 3.63) is 29.8 Å². The van der Waals surface area contributed by atoms with E-state index in [1.807, 2.05) is 27.7 Å². The Morgan fingerprint density at radius 1 is 0.921 bits per heavy atom. The molecule has 0 aliphatic carbocycles. The van der Waals surface area contributed by atoms with Crippen LogP contribution in [0.3, 0.4) is 0 Å². The molecule has 3 amide bonds. The van der Waals surface area contributed by atoms with Crippen LogP contribution >= 0.6 is 0 Å². The summed E-state index contributed by atoms with van der Waals surface area (Å²) in [6, 6.07) is 7.04. The largest absolute Gasteiger partial charge is 0.343 e. The Morgan fingerprint density at radius 2 is 1.55 bits per heavy atom. The minimum absolute atomic E-state index is 0.00732. The molecule has 1 aliphatic rings. The number of Topliss-reactive ketones (excluding diaryl/α,β-unsaturated/α-hetero) is 2. The first-order valence-corrected chi connectivity index (χ1v) is 13.6. The number of amides is 3. The topological polar surface area (TPSA) is 122 Å². The van der Waals surface area contributed by atoms with E-state index in [0.717, 1.165) is 5.56 Å². The van der Waals surface area contributed by atoms with E-state index in [4.69, 9.17) is 4.84 Å². The van der Waals surface area contributed by atoms with Gasteiger partial charge < -0.3 is 10.2 Å². The molecule has 2 rings (SSSR count). The lowest BCUT2D eigenvalue weighted by Crippen LogP contribution is -2.41. The number of carbonyl (C=O) groups is 5. The summed E-state index contributed by atoms with van der Waals surface area (Å²) in [5, 5.41) is 2.80. The van der Waals surface area contributed by atoms with Gasteiger partial charge >= 0.3 is 0 Å². The fourth-order valence-electron chi connectivity index (χ4n) is 4.39. The van der Waals surface area contributed by atoms with Gasteiger partial charge in [0.15, 0.2) is 0 Å². The fourth-order valence-corrected chi connectivity index (χ4v) is 4.39. The molecule has 0 aromatic heterocycles. The maximum absolute atomic E-state index is 12.5. The monoisotopic (exact) mass is 529 g/mol. The lowest BCUT2D eigenvalue weighted by molar-refractivity contribution is -0.137. The predicted molar refractivity (Wildman–Crippen MR) is 145 cm³/mol. The number of nitrogens with one attached hydrogen (secondary N) is 2. The van der Waals surface area contributed by atoms with Gasteiger partial charge in [-0.05, 0) is 36.5 Å². The maximum atomic E-state index is 12.5. The molecule has 0 spiro atoms. The number of hydroxylamine groups is 1. The molecule has 1 aromatic carbocycles. The van der Waals surface area contributed by atoms with Crippen LogP contribution < -0.4 is 10.8 Å². The molecule has 1 aliphatic heterocycles. The van der Waals surface area contributed by atoms with Crippen molar-refractivity contribution in [3.8, 4) is 0 Å². The third-order valence-corrected chi connectivity index (χ3v) is 6.66. The summed E-state index contributed by atoms with van der Waals surface area (Å²) < 4.78 is 0. The minimum Gasteiger partial charge on any atom is -0.343 e. The highest BCUT2D eigenvalue weighted by molar-refractivity contribution is 5.95. The summed E-state index contributed by atoms with van der Waals surface area (Å²) in [7, 11) is 0. The van der Waals surface area contributed by atoms with Gasteiger partial charge in [0, 0.05) is 62.2 Å². The first-order valence-electron chi connectivity index (χ1n) is 13.6. The molecule has 1 aromatic rings. The lowest BCUT2D eigenvalue weighted by atomic mass is 9.87. The van der Waals surface area contributed by atoms with Gasteiger partial charge in [-0.3, -0.25) is 28.8 Å². The van der Waals surface area contributed by atoms with E-state index >= 15 is 0 Å². The first-order chi connectivity index (χ1) is 18.0. The van der Waals surface area contributed by atoms with Crippen molar-refractivity contribution in [2.24, 2.45) is 23.7 Å². The van der Waals surface area contributed by atoms with Gasteiger partial charge in [-0.15, -0.1) is 0 Å². The highest BCUT2D eigenvalue weighted by atomic mass is 16.6. The molecular formula is C29H43N3O6. The first kappa shape index (κ1) is 31.1. The van der Waals surface area contributed by atoms with Crippen molar-refractivity contribution in [2.75, 3.05) is 18.4 Å². The molecule has 0 bridgehead atoms. The average Bonchev–Trinajstić information content (AvgIpc) is 2.87. The number of hydrogen-bond donors (Lipinski definition) is 2. The molecule has 9 heteroatoms. The molecule has 2 N–H and O–H groups in total. The van der Waals surface area contributed by atoms with Crippen LogP contribution in [0.25, 0.3) is 0 Å². The number of carbonyl (C=O) groups excluding carboxylic acids is 5. The van der Waals surface area contributed by atoms with E-state index in [-0.39, 0.29) is 72.9 Å². The Bertz CT molecular complexity index is 965. The van der Waals surface area contributed by atoms with Crippen LogP contribution in [0.15, 0.2) is 24.3 Å². The zero-order valence-corrected chi connectivity index (χ0v) is 23.4. The molecule has 1 heterocycles. The van der Waals surface area contributed by atoms with Crippen molar-refractivity contribution in [2.45, 2.75) is 79.8 Å². The Labute approximate surface area is 226 Å². The standard InChI is InChI=1S/C29H43N3O6/c1-19(2)16-26(34)31-38-18-22-6-8-24(9-7-22)30-29(37)21(5)17-25(33)10-11-27(35)32-14-12-23(13-15-32)28(36)20(3)4/h6-9,19-21,23H,10-18H2,1-5H3,(H,30,37)(H,31,34)/t21-/m1/s1. The second-order valence-electron chi connectivity index (χ2n) is 11.0. The van der Waals surface area contributed by atoms with E-state index in [1.54, 1.807) is 36.1 Å². The molecule has 38 heavy (non-hydrogen) atoms. The second kappa shape index (κ2) is 15.4. The number of benzene rings is 1. The van der Waals surface area contributed by atoms with Gasteiger partial charge in [0.05, 0.1) is 6.61 Å². The van der Waals surface area contributed by atoms with Crippen LogP contribution in [0.2, 0.25) is 0 Å². The van der Waals surface area contributed by atoms with Crippen molar-refractivity contribution in [3.63, 3.8) is 0 Å². The average molecular weight is 530 g/mol. The molecule has 0 saturated carbocycles. The summed E-state index contributed by atoms with van der Waals surface area (Å²) in [6.45, 7) is 10.7. The van der Waals surface area contributed by atoms with Gasteiger partial charge in [0.25, 0.3) is 0 Å². The molecule has 0 radical (unpaired) electrons. The van der Waals surface area contributed by atoms with E-state index < -0.39 is 5.92 Å². The zero-order valence-electron chi connectivity index (χ0n) is 23.4. The minimum atomic E-state index is -0.533. The molecule has 1 saturated heterocycles. The predicted octanol–water partition coefficient (Wildman–Crippen LogP) is 4.06. The highest BCUT2D eigenvalue weighted by Gasteiger charge is 2.28. The lowest BCUT2D eigenvalue weighted by Gasteiger charge is -2.32. The van der Waals surface area contributed by atoms with Crippen molar-refractivity contribution in [1.82, 2.24) is 10.4 Å². The molecule has 9 nitrogen and oxygen atoms in total. The molecule has 1 fully saturated rings. The van der Waals surface area contributed by atoms with E-state index in [9.17, 15) is 24.0 Å². The number of rotatable bonds is 14. The van der Waals surface area contributed by atoms with E-state index in [2.05, 4.69) is 10.8 Å². The fraction of sp³-hybridized carbons (Fsp3) is 0.621. The highest BCUT2D eigenvalue weighted by Crippen LogP contribution is 2.22. The Hall–Kier alpha value is -3.07. The van der Waals surface area contributed by atoms with Gasteiger partial charge in [-0.1, -0.05) is 46.8 Å².